The number of aryl methyl sites for hydroxylation is 2. The number of Topliss-reactive ketones (excluding diaryl/α,β-unsaturated/α-hetero) is 2. The minimum atomic E-state index is -2.90. The van der Waals surface area contributed by atoms with Gasteiger partial charge in [0, 0.05) is 11.1 Å². The van der Waals surface area contributed by atoms with Gasteiger partial charge in [0.05, 0.1) is 5.57 Å². The second kappa shape index (κ2) is 6.00. The number of ether oxygens (including phenoxy) is 1. The Bertz CT molecular complexity index is 822. The summed E-state index contributed by atoms with van der Waals surface area (Å²) >= 11 is 0. The number of halogens is 2. The topological polar surface area (TPSA) is 43.4 Å². The molecule has 0 saturated carbocycles. The van der Waals surface area contributed by atoms with Crippen LogP contribution in [0, 0.1) is 13.8 Å². The Labute approximate surface area is 137 Å². The van der Waals surface area contributed by atoms with E-state index in [1.54, 1.807) is 50.2 Å². The number of carbonyl (C=O) groups is 2. The lowest BCUT2D eigenvalue weighted by molar-refractivity contribution is -0.0507. The van der Waals surface area contributed by atoms with Gasteiger partial charge in [-0.3, -0.25) is 9.59 Å². The van der Waals surface area contributed by atoms with Gasteiger partial charge < -0.3 is 4.74 Å². The molecule has 122 valence electrons. The van der Waals surface area contributed by atoms with Crippen LogP contribution in [-0.2, 0) is 0 Å². The first-order valence-corrected chi connectivity index (χ1v) is 7.34. The fraction of sp³-hybridized carbons (Fsp3) is 0.158. The van der Waals surface area contributed by atoms with Crippen molar-refractivity contribution in [1.82, 2.24) is 0 Å². The highest BCUT2D eigenvalue weighted by atomic mass is 19.3. The van der Waals surface area contributed by atoms with Crippen LogP contribution in [0.15, 0.2) is 42.0 Å². The van der Waals surface area contributed by atoms with Gasteiger partial charge in [0.15, 0.2) is 11.6 Å². The Kier molecular flexibility index (Phi) is 4.01. The van der Waals surface area contributed by atoms with Crippen LogP contribution in [-0.4, -0.2) is 18.2 Å². The zero-order chi connectivity index (χ0) is 17.4. The number of alkyl halides is 2. The SMILES string of the molecule is Cc1cc(C=C2C(=O)c3ccccc3C2=O)cc(C)c1OC(F)F. The Hall–Kier alpha value is -2.82. The van der Waals surface area contributed by atoms with Gasteiger partial charge in [-0.1, -0.05) is 24.3 Å². The van der Waals surface area contributed by atoms with E-state index in [9.17, 15) is 18.4 Å². The number of hydrogen-bond donors (Lipinski definition) is 0. The van der Waals surface area contributed by atoms with Gasteiger partial charge in [0.2, 0.25) is 0 Å². The number of allylic oxidation sites excluding steroid dienone is 1. The van der Waals surface area contributed by atoms with Gasteiger partial charge in [0.25, 0.3) is 0 Å². The first-order chi connectivity index (χ1) is 11.4. The molecule has 0 heterocycles. The van der Waals surface area contributed by atoms with E-state index in [0.29, 0.717) is 27.8 Å². The highest BCUT2D eigenvalue weighted by Gasteiger charge is 2.32. The van der Waals surface area contributed by atoms with E-state index < -0.39 is 6.61 Å². The first-order valence-electron chi connectivity index (χ1n) is 7.34. The summed E-state index contributed by atoms with van der Waals surface area (Å²) < 4.78 is 29.4. The summed E-state index contributed by atoms with van der Waals surface area (Å²) in [6, 6.07) is 9.87. The quantitative estimate of drug-likeness (QED) is 0.621. The van der Waals surface area contributed by atoms with E-state index in [-0.39, 0.29) is 22.9 Å². The maximum absolute atomic E-state index is 12.4. The molecule has 0 aromatic heterocycles. The normalized spacial score (nSPS) is 13.5. The van der Waals surface area contributed by atoms with Crippen LogP contribution in [0.3, 0.4) is 0 Å². The van der Waals surface area contributed by atoms with Crippen molar-refractivity contribution in [3.8, 4) is 5.75 Å². The van der Waals surface area contributed by atoms with Crippen LogP contribution in [0.4, 0.5) is 8.78 Å². The highest BCUT2D eigenvalue weighted by Crippen LogP contribution is 2.30. The van der Waals surface area contributed by atoms with Crippen molar-refractivity contribution in [3.05, 3.63) is 69.8 Å². The molecule has 3 nitrogen and oxygen atoms in total. The summed E-state index contributed by atoms with van der Waals surface area (Å²) in [5, 5.41) is 0. The zero-order valence-corrected chi connectivity index (χ0v) is 13.1. The fourth-order valence-corrected chi connectivity index (χ4v) is 2.91. The van der Waals surface area contributed by atoms with Crippen LogP contribution in [0.1, 0.15) is 37.4 Å². The van der Waals surface area contributed by atoms with Gasteiger partial charge in [-0.25, -0.2) is 0 Å². The minimum Gasteiger partial charge on any atom is -0.434 e. The smallest absolute Gasteiger partial charge is 0.387 e. The lowest BCUT2D eigenvalue weighted by atomic mass is 10.0. The molecule has 0 N–H and O–H groups in total. The predicted molar refractivity (Wildman–Crippen MR) is 85.6 cm³/mol. The molecule has 0 atom stereocenters. The summed E-state index contributed by atoms with van der Waals surface area (Å²) in [5.74, 6) is -0.530. The molecule has 0 unspecified atom stereocenters. The van der Waals surface area contributed by atoms with E-state index in [2.05, 4.69) is 4.74 Å². The maximum Gasteiger partial charge on any atom is 0.387 e. The van der Waals surface area contributed by atoms with E-state index in [1.165, 1.54) is 6.08 Å². The number of ketones is 2. The van der Waals surface area contributed by atoms with Crippen molar-refractivity contribution < 1.29 is 23.1 Å². The lowest BCUT2D eigenvalue weighted by Gasteiger charge is -2.12. The lowest BCUT2D eigenvalue weighted by Crippen LogP contribution is -2.05. The molecular weight excluding hydrogens is 314 g/mol. The Balaban J connectivity index is 2.02. The van der Waals surface area contributed by atoms with Crippen LogP contribution >= 0.6 is 0 Å². The molecule has 3 rings (SSSR count). The number of hydrogen-bond acceptors (Lipinski definition) is 3. The van der Waals surface area contributed by atoms with Crippen LogP contribution in [0.25, 0.3) is 6.08 Å². The third-order valence-electron chi connectivity index (χ3n) is 3.91. The monoisotopic (exact) mass is 328 g/mol. The number of fused-ring (bicyclic) bond motifs is 1. The Morgan fingerprint density at radius 1 is 0.958 bits per heavy atom. The molecule has 0 saturated heterocycles. The first kappa shape index (κ1) is 16.1. The minimum absolute atomic E-state index is 0.0810. The van der Waals surface area contributed by atoms with E-state index in [4.69, 9.17) is 0 Å². The molecule has 0 radical (unpaired) electrons. The second-order valence-electron chi connectivity index (χ2n) is 5.62. The molecule has 24 heavy (non-hydrogen) atoms. The molecular formula is C19H14F2O3. The molecule has 0 aliphatic heterocycles. The van der Waals surface area contributed by atoms with Crippen molar-refractivity contribution in [1.29, 1.82) is 0 Å². The van der Waals surface area contributed by atoms with Crippen LogP contribution in [0.5, 0.6) is 5.75 Å². The van der Waals surface area contributed by atoms with Crippen LogP contribution < -0.4 is 4.74 Å². The average molecular weight is 328 g/mol. The number of carbonyl (C=O) groups excluding carboxylic acids is 2. The standard InChI is InChI=1S/C19H14F2O3/c1-10-7-12(8-11(2)18(10)24-19(20)21)9-15-16(22)13-5-3-4-6-14(13)17(15)23/h3-9,19H,1-2H3. The molecule has 1 aliphatic carbocycles. The summed E-state index contributed by atoms with van der Waals surface area (Å²) in [7, 11) is 0. The third-order valence-corrected chi connectivity index (χ3v) is 3.91. The molecule has 0 bridgehead atoms. The Morgan fingerprint density at radius 2 is 1.46 bits per heavy atom. The number of benzene rings is 2. The van der Waals surface area contributed by atoms with E-state index in [0.717, 1.165) is 0 Å². The molecule has 0 fully saturated rings. The van der Waals surface area contributed by atoms with Crippen molar-refractivity contribution in [3.63, 3.8) is 0 Å². The van der Waals surface area contributed by atoms with E-state index in [1.807, 2.05) is 0 Å². The van der Waals surface area contributed by atoms with E-state index >= 15 is 0 Å². The van der Waals surface area contributed by atoms with Gasteiger partial charge in [-0.05, 0) is 48.7 Å². The fourth-order valence-electron chi connectivity index (χ4n) is 2.91. The molecule has 2 aromatic carbocycles. The molecule has 2 aromatic rings. The maximum atomic E-state index is 12.4. The van der Waals surface area contributed by atoms with Crippen molar-refractivity contribution >= 4 is 17.6 Å². The van der Waals surface area contributed by atoms with Gasteiger partial charge in [-0.2, -0.15) is 8.78 Å². The predicted octanol–water partition coefficient (Wildman–Crippen LogP) is 4.37. The molecule has 0 spiro atoms. The average Bonchev–Trinajstić information content (AvgIpc) is 2.76. The highest BCUT2D eigenvalue weighted by molar-refractivity contribution is 6.41. The molecule has 5 heteroatoms. The Morgan fingerprint density at radius 3 is 1.92 bits per heavy atom. The van der Waals surface area contributed by atoms with Crippen molar-refractivity contribution in [2.75, 3.05) is 0 Å². The summed E-state index contributed by atoms with van der Waals surface area (Å²) in [4.78, 5) is 24.8. The van der Waals surface area contributed by atoms with Crippen LogP contribution in [0.2, 0.25) is 0 Å². The summed E-state index contributed by atoms with van der Waals surface area (Å²) in [6.45, 7) is 0.374. The molecule has 1 aliphatic rings. The summed E-state index contributed by atoms with van der Waals surface area (Å²) in [5.41, 5.74) is 2.48. The summed E-state index contributed by atoms with van der Waals surface area (Å²) in [6.07, 6.45) is 1.50. The largest absolute Gasteiger partial charge is 0.434 e. The van der Waals surface area contributed by atoms with Gasteiger partial charge >= 0.3 is 6.61 Å². The third kappa shape index (κ3) is 2.73. The second-order valence-corrected chi connectivity index (χ2v) is 5.62. The molecule has 0 amide bonds. The van der Waals surface area contributed by atoms with Gasteiger partial charge in [-0.15, -0.1) is 0 Å². The zero-order valence-electron chi connectivity index (χ0n) is 13.1. The van der Waals surface area contributed by atoms with Gasteiger partial charge in [0.1, 0.15) is 5.75 Å². The van der Waals surface area contributed by atoms with Crippen molar-refractivity contribution in [2.24, 2.45) is 0 Å². The van der Waals surface area contributed by atoms with Crippen molar-refractivity contribution in [2.45, 2.75) is 20.5 Å². The number of rotatable bonds is 3.